The summed E-state index contributed by atoms with van der Waals surface area (Å²) in [4.78, 5) is 16.8. The van der Waals surface area contributed by atoms with Crippen LogP contribution in [0.25, 0.3) is 0 Å². The molecule has 0 spiro atoms. The molecule has 0 fully saturated rings. The van der Waals surface area contributed by atoms with Gasteiger partial charge >= 0.3 is 0 Å². The average Bonchev–Trinajstić information content (AvgIpc) is 2.76. The molecule has 2 aromatic rings. The second-order valence-electron chi connectivity index (χ2n) is 3.45. The van der Waals surface area contributed by atoms with Crippen LogP contribution >= 0.6 is 39.7 Å². The lowest BCUT2D eigenvalue weighted by molar-refractivity contribution is 0.0954. The number of carbonyl (C=O) groups excluding carboxylic acids is 1. The van der Waals surface area contributed by atoms with Crippen molar-refractivity contribution in [3.63, 3.8) is 0 Å². The van der Waals surface area contributed by atoms with Gasteiger partial charge in [0.25, 0.3) is 5.91 Å². The summed E-state index contributed by atoms with van der Waals surface area (Å²) in [6.07, 6.45) is 4.09. The first kappa shape index (κ1) is 15.1. The summed E-state index contributed by atoms with van der Waals surface area (Å²) >= 11 is 5.10. The lowest BCUT2D eigenvalue weighted by Crippen LogP contribution is -2.25. The van der Waals surface area contributed by atoms with Crippen molar-refractivity contribution in [1.82, 2.24) is 10.3 Å². The van der Waals surface area contributed by atoms with Gasteiger partial charge < -0.3 is 5.32 Å². The number of pyridine rings is 1. The molecule has 0 bridgehead atoms. The van der Waals surface area contributed by atoms with Crippen LogP contribution in [-0.2, 0) is 6.42 Å². The van der Waals surface area contributed by atoms with Crippen molar-refractivity contribution in [2.45, 2.75) is 6.42 Å². The summed E-state index contributed by atoms with van der Waals surface area (Å²) in [7, 11) is 0. The average molecular weight is 348 g/mol. The Labute approximate surface area is 124 Å². The molecule has 0 atom stereocenters. The van der Waals surface area contributed by atoms with Crippen molar-refractivity contribution < 1.29 is 4.79 Å². The molecule has 0 aromatic carbocycles. The number of rotatable bonds is 4. The molecule has 2 heterocycles. The molecule has 96 valence electrons. The Bertz CT molecular complexity index is 504. The lowest BCUT2D eigenvalue weighted by Gasteiger charge is -2.03. The molecular weight excluding hydrogens is 336 g/mol. The molecule has 0 aliphatic rings. The third-order valence-corrected chi connectivity index (χ3v) is 3.91. The number of carbonyl (C=O) groups is 1. The minimum atomic E-state index is -0.0528. The fourth-order valence-corrected chi connectivity index (χ4v) is 2.87. The number of amides is 1. The zero-order valence-corrected chi connectivity index (χ0v) is 12.6. The standard InChI is InChI=1S/C12H11BrN2OS.ClH/c13-11-2-1-10(17-11)5-8-15-12(16)9-3-6-14-7-4-9;/h1-4,6-7H,5,8H2,(H,15,16);1H. The van der Waals surface area contributed by atoms with Crippen molar-refractivity contribution >= 4 is 45.6 Å². The molecule has 2 rings (SSSR count). The number of thiophene rings is 1. The molecule has 3 nitrogen and oxygen atoms in total. The SMILES string of the molecule is Cl.O=C(NCCc1ccc(Br)s1)c1ccncc1. The van der Waals surface area contributed by atoms with Crippen LogP contribution in [-0.4, -0.2) is 17.4 Å². The van der Waals surface area contributed by atoms with E-state index in [1.165, 1.54) is 4.88 Å². The highest BCUT2D eigenvalue weighted by molar-refractivity contribution is 9.11. The first-order valence-corrected chi connectivity index (χ1v) is 6.79. The molecule has 1 N–H and O–H groups in total. The molecule has 6 heteroatoms. The highest BCUT2D eigenvalue weighted by atomic mass is 79.9. The highest BCUT2D eigenvalue weighted by Crippen LogP contribution is 2.22. The van der Waals surface area contributed by atoms with E-state index in [2.05, 4.69) is 32.3 Å². The van der Waals surface area contributed by atoms with E-state index in [0.717, 1.165) is 10.2 Å². The smallest absolute Gasteiger partial charge is 0.251 e. The van der Waals surface area contributed by atoms with Gasteiger partial charge in [0.05, 0.1) is 3.79 Å². The van der Waals surface area contributed by atoms with Gasteiger partial charge in [-0.3, -0.25) is 9.78 Å². The van der Waals surface area contributed by atoms with Crippen LogP contribution in [0.5, 0.6) is 0 Å². The van der Waals surface area contributed by atoms with Gasteiger partial charge in [0.2, 0.25) is 0 Å². The minimum absolute atomic E-state index is 0. The largest absolute Gasteiger partial charge is 0.352 e. The van der Waals surface area contributed by atoms with Gasteiger partial charge in [-0.05, 0) is 46.6 Å². The molecule has 0 aliphatic carbocycles. The first-order chi connectivity index (χ1) is 8.25. The molecule has 0 saturated carbocycles. The maximum Gasteiger partial charge on any atom is 0.251 e. The number of nitrogens with one attached hydrogen (secondary N) is 1. The number of nitrogens with zero attached hydrogens (tertiary/aromatic N) is 1. The van der Waals surface area contributed by atoms with Crippen LogP contribution in [0.1, 0.15) is 15.2 Å². The predicted molar refractivity (Wildman–Crippen MR) is 79.5 cm³/mol. The Morgan fingerprint density at radius 3 is 2.61 bits per heavy atom. The van der Waals surface area contributed by atoms with E-state index in [1.54, 1.807) is 35.9 Å². The van der Waals surface area contributed by atoms with E-state index in [0.29, 0.717) is 12.1 Å². The summed E-state index contributed by atoms with van der Waals surface area (Å²) in [5.41, 5.74) is 0.646. The van der Waals surface area contributed by atoms with E-state index < -0.39 is 0 Å². The van der Waals surface area contributed by atoms with E-state index in [9.17, 15) is 4.79 Å². The molecule has 0 unspecified atom stereocenters. The second-order valence-corrected chi connectivity index (χ2v) is 6.00. The quantitative estimate of drug-likeness (QED) is 0.922. The summed E-state index contributed by atoms with van der Waals surface area (Å²) in [6.45, 7) is 0.647. The Morgan fingerprint density at radius 2 is 2.00 bits per heavy atom. The van der Waals surface area contributed by atoms with Crippen molar-refractivity contribution in [1.29, 1.82) is 0 Å². The molecule has 0 aliphatic heterocycles. The third-order valence-electron chi connectivity index (χ3n) is 2.23. The lowest BCUT2D eigenvalue weighted by atomic mass is 10.2. The first-order valence-electron chi connectivity index (χ1n) is 5.18. The summed E-state index contributed by atoms with van der Waals surface area (Å²) in [5.74, 6) is -0.0528. The van der Waals surface area contributed by atoms with Gasteiger partial charge in [-0.1, -0.05) is 0 Å². The number of hydrogen-bond donors (Lipinski definition) is 1. The van der Waals surface area contributed by atoms with Gasteiger partial charge in [0.1, 0.15) is 0 Å². The molecule has 2 aromatic heterocycles. The van der Waals surface area contributed by atoms with Crippen LogP contribution < -0.4 is 5.32 Å². The highest BCUT2D eigenvalue weighted by Gasteiger charge is 2.04. The summed E-state index contributed by atoms with van der Waals surface area (Å²) in [6, 6.07) is 7.49. The van der Waals surface area contributed by atoms with Gasteiger partial charge in [-0.25, -0.2) is 0 Å². The topological polar surface area (TPSA) is 42.0 Å². The van der Waals surface area contributed by atoms with Crippen molar-refractivity contribution in [2.24, 2.45) is 0 Å². The number of halogens is 2. The van der Waals surface area contributed by atoms with Gasteiger partial charge in [0.15, 0.2) is 0 Å². The molecule has 0 radical (unpaired) electrons. The zero-order valence-electron chi connectivity index (χ0n) is 9.43. The Kier molecular flexibility index (Phi) is 6.32. The summed E-state index contributed by atoms with van der Waals surface area (Å²) in [5, 5.41) is 2.88. The Balaban J connectivity index is 0.00000162. The van der Waals surface area contributed by atoms with Crippen molar-refractivity contribution in [3.8, 4) is 0 Å². The van der Waals surface area contributed by atoms with Crippen molar-refractivity contribution in [2.75, 3.05) is 6.54 Å². The molecule has 0 saturated heterocycles. The van der Waals surface area contributed by atoms with Crippen molar-refractivity contribution in [3.05, 3.63) is 50.9 Å². The second kappa shape index (κ2) is 7.51. The molecular formula is C12H12BrClN2OS. The Hall–Kier alpha value is -0.910. The summed E-state index contributed by atoms with van der Waals surface area (Å²) < 4.78 is 1.12. The monoisotopic (exact) mass is 346 g/mol. The van der Waals surface area contributed by atoms with Crippen LogP contribution in [0.2, 0.25) is 0 Å². The maximum absolute atomic E-state index is 11.7. The fourth-order valence-electron chi connectivity index (χ4n) is 1.39. The normalized spacial score (nSPS) is 9.61. The van der Waals surface area contributed by atoms with Crippen LogP contribution in [0, 0.1) is 0 Å². The third kappa shape index (κ3) is 4.40. The minimum Gasteiger partial charge on any atom is -0.352 e. The van der Waals surface area contributed by atoms with Gasteiger partial charge in [0, 0.05) is 29.4 Å². The number of aromatic nitrogens is 1. The van der Waals surface area contributed by atoms with Gasteiger partial charge in [-0.15, -0.1) is 23.7 Å². The number of hydrogen-bond acceptors (Lipinski definition) is 3. The van der Waals surface area contributed by atoms with Crippen LogP contribution in [0.3, 0.4) is 0 Å². The zero-order chi connectivity index (χ0) is 12.1. The van der Waals surface area contributed by atoms with Gasteiger partial charge in [-0.2, -0.15) is 0 Å². The van der Waals surface area contributed by atoms with Crippen LogP contribution in [0.15, 0.2) is 40.4 Å². The van der Waals surface area contributed by atoms with Crippen LogP contribution in [0.4, 0.5) is 0 Å². The fraction of sp³-hybridized carbons (Fsp3) is 0.167. The van der Waals surface area contributed by atoms with E-state index >= 15 is 0 Å². The van der Waals surface area contributed by atoms with E-state index in [1.807, 2.05) is 6.07 Å². The molecule has 18 heavy (non-hydrogen) atoms. The van der Waals surface area contributed by atoms with E-state index in [4.69, 9.17) is 0 Å². The predicted octanol–water partition coefficient (Wildman–Crippen LogP) is 3.30. The molecule has 1 amide bonds. The maximum atomic E-state index is 11.7. The Morgan fingerprint density at radius 1 is 1.28 bits per heavy atom. The van der Waals surface area contributed by atoms with E-state index in [-0.39, 0.29) is 18.3 Å².